The number of esters is 1. The van der Waals surface area contributed by atoms with Gasteiger partial charge in [-0.1, -0.05) is 31.6 Å². The maximum Gasteiger partial charge on any atom is 0.333 e. The van der Waals surface area contributed by atoms with Crippen molar-refractivity contribution in [2.45, 2.75) is 116 Å². The summed E-state index contributed by atoms with van der Waals surface area (Å²) in [6.07, 6.45) is 2.92. The SMILES string of the molecule is C=C(C)[C@@H]1CC[C@@]2(C)CCC[C@@](C)(O[C@@H]3O[C@H](C)[C@@H](O)[C@H](OC(=O)/C(C)=C/C)[C@H]3O)[C@@H]2C1. The molecule has 3 rings (SSSR count). The summed E-state index contributed by atoms with van der Waals surface area (Å²) in [7, 11) is 0. The molecule has 0 radical (unpaired) electrons. The maximum absolute atomic E-state index is 12.3. The van der Waals surface area contributed by atoms with Crippen molar-refractivity contribution >= 4 is 5.97 Å². The molecule has 0 spiro atoms. The largest absolute Gasteiger partial charge is 0.453 e. The Morgan fingerprint density at radius 1 is 1.16 bits per heavy atom. The van der Waals surface area contributed by atoms with E-state index in [-0.39, 0.29) is 5.41 Å². The van der Waals surface area contributed by atoms with E-state index in [4.69, 9.17) is 14.2 Å². The van der Waals surface area contributed by atoms with Crippen LogP contribution in [0.5, 0.6) is 0 Å². The zero-order chi connectivity index (χ0) is 23.8. The van der Waals surface area contributed by atoms with Gasteiger partial charge < -0.3 is 24.4 Å². The first kappa shape index (κ1) is 25.4. The molecule has 0 unspecified atom stereocenters. The lowest BCUT2D eigenvalue weighted by Gasteiger charge is -2.57. The lowest BCUT2D eigenvalue weighted by molar-refractivity contribution is -0.335. The van der Waals surface area contributed by atoms with Crippen molar-refractivity contribution in [3.8, 4) is 0 Å². The first-order chi connectivity index (χ1) is 14.9. The van der Waals surface area contributed by atoms with Crippen LogP contribution in [0.2, 0.25) is 0 Å². The number of aliphatic hydroxyl groups is 2. The number of allylic oxidation sites excluding steroid dienone is 2. The molecule has 32 heavy (non-hydrogen) atoms. The summed E-state index contributed by atoms with van der Waals surface area (Å²) in [5.41, 5.74) is 1.34. The molecule has 0 amide bonds. The van der Waals surface area contributed by atoms with Gasteiger partial charge in [-0.05, 0) is 84.0 Å². The van der Waals surface area contributed by atoms with Gasteiger partial charge in [0.15, 0.2) is 12.4 Å². The molecule has 1 saturated heterocycles. The molecule has 9 atom stereocenters. The van der Waals surface area contributed by atoms with E-state index in [1.54, 1.807) is 26.8 Å². The van der Waals surface area contributed by atoms with Gasteiger partial charge in [0.1, 0.15) is 12.2 Å². The summed E-state index contributed by atoms with van der Waals surface area (Å²) < 4.78 is 18.0. The van der Waals surface area contributed by atoms with E-state index < -0.39 is 42.3 Å². The van der Waals surface area contributed by atoms with Gasteiger partial charge in [-0.2, -0.15) is 0 Å². The van der Waals surface area contributed by atoms with Gasteiger partial charge in [-0.15, -0.1) is 0 Å². The number of carbonyl (C=O) groups is 1. The Morgan fingerprint density at radius 3 is 2.47 bits per heavy atom. The molecule has 6 heteroatoms. The van der Waals surface area contributed by atoms with Crippen molar-refractivity contribution in [2.75, 3.05) is 0 Å². The average Bonchev–Trinajstić information content (AvgIpc) is 2.73. The minimum absolute atomic E-state index is 0.179. The molecule has 0 aromatic carbocycles. The second kappa shape index (κ2) is 9.57. The monoisotopic (exact) mass is 450 g/mol. The van der Waals surface area contributed by atoms with E-state index in [1.807, 2.05) is 0 Å². The minimum Gasteiger partial charge on any atom is -0.453 e. The van der Waals surface area contributed by atoms with Gasteiger partial charge >= 0.3 is 5.97 Å². The van der Waals surface area contributed by atoms with Crippen molar-refractivity contribution in [3.63, 3.8) is 0 Å². The third-order valence-corrected chi connectivity index (χ3v) is 8.45. The van der Waals surface area contributed by atoms with Crippen LogP contribution in [0.25, 0.3) is 0 Å². The van der Waals surface area contributed by atoms with Crippen molar-refractivity contribution in [1.29, 1.82) is 0 Å². The molecule has 0 aromatic rings. The predicted molar refractivity (Wildman–Crippen MR) is 123 cm³/mol. The van der Waals surface area contributed by atoms with E-state index >= 15 is 0 Å². The fourth-order valence-electron chi connectivity index (χ4n) is 6.09. The highest BCUT2D eigenvalue weighted by molar-refractivity contribution is 5.87. The quantitative estimate of drug-likeness (QED) is 0.369. The summed E-state index contributed by atoms with van der Waals surface area (Å²) in [6.45, 7) is 15.9. The van der Waals surface area contributed by atoms with E-state index in [0.29, 0.717) is 17.4 Å². The van der Waals surface area contributed by atoms with Crippen LogP contribution in [0.4, 0.5) is 0 Å². The van der Waals surface area contributed by atoms with Crippen LogP contribution in [0.3, 0.4) is 0 Å². The normalized spacial score (nSPS) is 45.1. The first-order valence-electron chi connectivity index (χ1n) is 12.1. The molecule has 2 aliphatic carbocycles. The summed E-state index contributed by atoms with van der Waals surface area (Å²) in [5.74, 6) is 0.226. The molecule has 1 heterocycles. The van der Waals surface area contributed by atoms with E-state index in [1.165, 1.54) is 12.0 Å². The van der Waals surface area contributed by atoms with Gasteiger partial charge in [0, 0.05) is 5.57 Å². The summed E-state index contributed by atoms with van der Waals surface area (Å²) in [5, 5.41) is 21.6. The van der Waals surface area contributed by atoms with Crippen LogP contribution in [-0.4, -0.2) is 52.5 Å². The number of aliphatic hydroxyl groups excluding tert-OH is 2. The van der Waals surface area contributed by atoms with Crippen LogP contribution in [0.1, 0.15) is 80.1 Å². The molecule has 0 aromatic heterocycles. The standard InChI is InChI=1S/C26H42O6/c1-8-16(4)23(29)31-22-20(27)17(5)30-24(21(22)28)32-26(7)12-9-11-25(6)13-10-18(15(2)3)14-19(25)26/h8,17-22,24,27-28H,2,9-14H2,1,3-7H3/b16-8+/t17-,18-,19-,20-,21-,22+,24+,25-,26-/m1/s1. The van der Waals surface area contributed by atoms with Gasteiger partial charge in [0.25, 0.3) is 0 Å². The lowest BCUT2D eigenvalue weighted by atomic mass is 9.53. The molecule has 182 valence electrons. The third kappa shape index (κ3) is 4.84. The molecule has 0 bridgehead atoms. The van der Waals surface area contributed by atoms with Gasteiger partial charge in [0.2, 0.25) is 0 Å². The molecular weight excluding hydrogens is 408 g/mol. The number of ether oxygens (including phenoxy) is 3. The molecular formula is C26H42O6. The van der Waals surface area contributed by atoms with Gasteiger partial charge in [-0.25, -0.2) is 4.79 Å². The zero-order valence-electron chi connectivity index (χ0n) is 20.6. The number of rotatable bonds is 5. The first-order valence-corrected chi connectivity index (χ1v) is 12.1. The van der Waals surface area contributed by atoms with Crippen molar-refractivity contribution in [3.05, 3.63) is 23.8 Å². The van der Waals surface area contributed by atoms with Gasteiger partial charge in [0.05, 0.1) is 11.7 Å². The molecule has 6 nitrogen and oxygen atoms in total. The Morgan fingerprint density at radius 2 is 1.84 bits per heavy atom. The third-order valence-electron chi connectivity index (χ3n) is 8.45. The van der Waals surface area contributed by atoms with Crippen LogP contribution in [-0.2, 0) is 19.0 Å². The van der Waals surface area contributed by atoms with Crippen molar-refractivity contribution in [2.24, 2.45) is 17.3 Å². The Bertz CT molecular complexity index is 747. The fraction of sp³-hybridized carbons (Fsp3) is 0.808. The number of carbonyl (C=O) groups excluding carboxylic acids is 1. The van der Waals surface area contributed by atoms with Gasteiger partial charge in [-0.3, -0.25) is 0 Å². The van der Waals surface area contributed by atoms with E-state index in [0.717, 1.165) is 32.1 Å². The number of hydrogen-bond acceptors (Lipinski definition) is 6. The number of hydrogen-bond donors (Lipinski definition) is 2. The maximum atomic E-state index is 12.3. The predicted octanol–water partition coefficient (Wildman–Crippen LogP) is 4.29. The zero-order valence-corrected chi connectivity index (χ0v) is 20.6. The van der Waals surface area contributed by atoms with E-state index in [2.05, 4.69) is 27.4 Å². The molecule has 2 N–H and O–H groups in total. The Balaban J connectivity index is 1.81. The highest BCUT2D eigenvalue weighted by Gasteiger charge is 2.55. The fourth-order valence-corrected chi connectivity index (χ4v) is 6.09. The average molecular weight is 451 g/mol. The smallest absolute Gasteiger partial charge is 0.333 e. The second-order valence-corrected chi connectivity index (χ2v) is 10.8. The van der Waals surface area contributed by atoms with Crippen LogP contribution in [0, 0.1) is 17.3 Å². The van der Waals surface area contributed by atoms with Crippen molar-refractivity contribution < 1.29 is 29.2 Å². The van der Waals surface area contributed by atoms with E-state index in [9.17, 15) is 15.0 Å². The molecule has 3 fully saturated rings. The highest BCUT2D eigenvalue weighted by atomic mass is 16.7. The summed E-state index contributed by atoms with van der Waals surface area (Å²) in [4.78, 5) is 12.3. The molecule has 1 aliphatic heterocycles. The van der Waals surface area contributed by atoms with Crippen molar-refractivity contribution in [1.82, 2.24) is 0 Å². The Labute approximate surface area is 193 Å². The Hall–Kier alpha value is -1.21. The number of fused-ring (bicyclic) bond motifs is 1. The molecule has 2 saturated carbocycles. The summed E-state index contributed by atoms with van der Waals surface area (Å²) >= 11 is 0. The molecule has 3 aliphatic rings. The van der Waals surface area contributed by atoms with Crippen LogP contribution >= 0.6 is 0 Å². The topological polar surface area (TPSA) is 85.2 Å². The minimum atomic E-state index is -1.28. The van der Waals surface area contributed by atoms with Crippen LogP contribution < -0.4 is 0 Å². The highest BCUT2D eigenvalue weighted by Crippen LogP contribution is 2.57. The lowest BCUT2D eigenvalue weighted by Crippen LogP contribution is -2.62. The summed E-state index contributed by atoms with van der Waals surface area (Å²) in [6, 6.07) is 0. The van der Waals surface area contributed by atoms with Crippen LogP contribution in [0.15, 0.2) is 23.8 Å². The second-order valence-electron chi connectivity index (χ2n) is 10.8. The Kier molecular flexibility index (Phi) is 7.60.